The number of allylic oxidation sites excluding steroid dienone is 4. The van der Waals surface area contributed by atoms with Crippen LogP contribution >= 0.6 is 27.3 Å². The van der Waals surface area contributed by atoms with Gasteiger partial charge in [-0.3, -0.25) is 0 Å². The van der Waals surface area contributed by atoms with Gasteiger partial charge in [0.25, 0.3) is 10.0 Å². The first-order valence-electron chi connectivity index (χ1n) is 9.62. The number of amides is 1. The van der Waals surface area contributed by atoms with Crippen LogP contribution in [0.1, 0.15) is 60.2 Å². The number of hydrogen-bond donors (Lipinski definition) is 1. The van der Waals surface area contributed by atoms with Crippen LogP contribution in [0.25, 0.3) is 0 Å². The summed E-state index contributed by atoms with van der Waals surface area (Å²) in [7, 11) is -3.46. The van der Waals surface area contributed by atoms with Crippen LogP contribution in [-0.4, -0.2) is 36.6 Å². The van der Waals surface area contributed by atoms with Crippen LogP contribution in [0.2, 0.25) is 0 Å². The molecule has 2 N–H and O–H groups in total. The number of carbonyl (C=O) groups excluding carboxylic acids is 1. The average molecular weight is 500 g/mol. The molecule has 10 heteroatoms. The van der Waals surface area contributed by atoms with Crippen molar-refractivity contribution in [1.29, 1.82) is 0 Å². The number of halogens is 1. The number of carbonyl (C=O) groups is 1. The molecule has 2 saturated carbocycles. The molecule has 2 fully saturated rings. The lowest BCUT2D eigenvalue weighted by Crippen LogP contribution is -2.26. The molecule has 1 atom stereocenters. The molecule has 0 radical (unpaired) electrons. The Kier molecular flexibility index (Phi) is 5.94. The third kappa shape index (κ3) is 4.97. The average Bonchev–Trinajstić information content (AvgIpc) is 3.41. The van der Waals surface area contributed by atoms with Gasteiger partial charge in [-0.15, -0.1) is 11.3 Å². The Balaban J connectivity index is 1.50. The molecule has 0 saturated heterocycles. The van der Waals surface area contributed by atoms with Crippen molar-refractivity contribution < 1.29 is 17.9 Å². The molecule has 1 aromatic heterocycles. The molecule has 0 aliphatic heterocycles. The van der Waals surface area contributed by atoms with Crippen LogP contribution in [0.5, 0.6) is 0 Å². The highest BCUT2D eigenvalue weighted by atomic mass is 79.9. The SMILES string of the molecule is NC(=O)OC1CCC(c2ncc(C3C=CC(Br)=CC3=NS(=O)(=O)C3CC3)s2)CC1. The molecule has 156 valence electrons. The van der Waals surface area contributed by atoms with Crippen molar-refractivity contribution in [3.8, 4) is 0 Å². The summed E-state index contributed by atoms with van der Waals surface area (Å²) in [6.45, 7) is 0. The lowest BCUT2D eigenvalue weighted by molar-refractivity contribution is 0.0787. The molecule has 29 heavy (non-hydrogen) atoms. The predicted molar refractivity (Wildman–Crippen MR) is 116 cm³/mol. The number of aromatic nitrogens is 1. The number of primary amides is 1. The first kappa shape index (κ1) is 20.7. The van der Waals surface area contributed by atoms with Crippen molar-refractivity contribution in [3.05, 3.63) is 38.8 Å². The van der Waals surface area contributed by atoms with Gasteiger partial charge in [-0.2, -0.15) is 4.40 Å². The lowest BCUT2D eigenvalue weighted by Gasteiger charge is -2.26. The van der Waals surface area contributed by atoms with E-state index in [0.29, 0.717) is 24.5 Å². The minimum atomic E-state index is -3.46. The molecule has 4 rings (SSSR count). The van der Waals surface area contributed by atoms with Gasteiger partial charge in [0, 0.05) is 21.5 Å². The van der Waals surface area contributed by atoms with Crippen LogP contribution in [0.3, 0.4) is 0 Å². The number of rotatable bonds is 5. The van der Waals surface area contributed by atoms with Gasteiger partial charge < -0.3 is 10.5 Å². The van der Waals surface area contributed by atoms with E-state index in [2.05, 4.69) is 25.3 Å². The zero-order valence-corrected chi connectivity index (χ0v) is 18.9. The topological polar surface area (TPSA) is 112 Å². The van der Waals surface area contributed by atoms with Crippen molar-refractivity contribution in [2.75, 3.05) is 0 Å². The predicted octanol–water partition coefficient (Wildman–Crippen LogP) is 4.13. The molecule has 1 aromatic rings. The van der Waals surface area contributed by atoms with Crippen molar-refractivity contribution in [1.82, 2.24) is 4.98 Å². The second-order valence-electron chi connectivity index (χ2n) is 7.61. The van der Waals surface area contributed by atoms with Crippen LogP contribution < -0.4 is 5.73 Å². The smallest absolute Gasteiger partial charge is 0.404 e. The molecule has 7 nitrogen and oxygen atoms in total. The fourth-order valence-corrected chi connectivity index (χ4v) is 6.61. The van der Waals surface area contributed by atoms with Gasteiger partial charge in [-0.25, -0.2) is 18.2 Å². The van der Waals surface area contributed by atoms with Gasteiger partial charge in [0.1, 0.15) is 6.10 Å². The van der Waals surface area contributed by atoms with E-state index in [1.54, 1.807) is 17.4 Å². The summed E-state index contributed by atoms with van der Waals surface area (Å²) < 4.78 is 34.8. The zero-order valence-electron chi connectivity index (χ0n) is 15.7. The molecule has 3 aliphatic rings. The Morgan fingerprint density at radius 2 is 1.97 bits per heavy atom. The molecule has 0 spiro atoms. The summed E-state index contributed by atoms with van der Waals surface area (Å²) in [4.78, 5) is 16.5. The Hall–Kier alpha value is -1.52. The highest BCUT2D eigenvalue weighted by Crippen LogP contribution is 2.39. The second kappa shape index (κ2) is 8.31. The van der Waals surface area contributed by atoms with E-state index in [1.807, 2.05) is 18.3 Å². The van der Waals surface area contributed by atoms with Crippen molar-refractivity contribution in [2.24, 2.45) is 10.1 Å². The number of thiazole rings is 1. The maximum atomic E-state index is 12.4. The second-order valence-corrected chi connectivity index (χ2v) is 11.5. The Morgan fingerprint density at radius 1 is 1.24 bits per heavy atom. The van der Waals surface area contributed by atoms with Crippen molar-refractivity contribution in [2.45, 2.75) is 61.7 Å². The molecule has 0 bridgehead atoms. The summed E-state index contributed by atoms with van der Waals surface area (Å²) in [5.41, 5.74) is 5.63. The molecule has 1 heterocycles. The van der Waals surface area contributed by atoms with E-state index in [0.717, 1.165) is 40.1 Å². The Bertz CT molecular complexity index is 987. The lowest BCUT2D eigenvalue weighted by atomic mass is 9.88. The number of nitrogens with zero attached hydrogens (tertiary/aromatic N) is 2. The van der Waals surface area contributed by atoms with Gasteiger partial charge >= 0.3 is 6.09 Å². The van der Waals surface area contributed by atoms with E-state index in [-0.39, 0.29) is 17.3 Å². The van der Waals surface area contributed by atoms with Crippen molar-refractivity contribution in [3.63, 3.8) is 0 Å². The Morgan fingerprint density at radius 3 is 2.62 bits per heavy atom. The molecule has 1 unspecified atom stereocenters. The van der Waals surface area contributed by atoms with Crippen LogP contribution in [0.15, 0.2) is 33.3 Å². The van der Waals surface area contributed by atoms with Gasteiger partial charge in [-0.1, -0.05) is 28.1 Å². The molecule has 1 amide bonds. The zero-order chi connectivity index (χ0) is 20.6. The fourth-order valence-electron chi connectivity index (χ4n) is 3.70. The number of hydrogen-bond acceptors (Lipinski definition) is 6. The first-order chi connectivity index (χ1) is 13.8. The monoisotopic (exact) mass is 499 g/mol. The highest BCUT2D eigenvalue weighted by molar-refractivity contribution is 9.11. The van der Waals surface area contributed by atoms with Gasteiger partial charge in [0.05, 0.1) is 21.9 Å². The summed E-state index contributed by atoms with van der Waals surface area (Å²) in [5.74, 6) is 0.0949. The quantitative estimate of drug-likeness (QED) is 0.654. The van der Waals surface area contributed by atoms with Crippen LogP contribution in [-0.2, 0) is 14.8 Å². The number of sulfonamides is 1. The Labute approximate surface area is 182 Å². The number of nitrogens with two attached hydrogens (primary N) is 1. The maximum Gasteiger partial charge on any atom is 0.404 e. The van der Waals surface area contributed by atoms with Gasteiger partial charge in [-0.05, 0) is 44.6 Å². The van der Waals surface area contributed by atoms with Crippen LogP contribution in [0, 0.1) is 0 Å². The van der Waals surface area contributed by atoms with E-state index in [9.17, 15) is 13.2 Å². The van der Waals surface area contributed by atoms with E-state index >= 15 is 0 Å². The largest absolute Gasteiger partial charge is 0.446 e. The van der Waals surface area contributed by atoms with E-state index < -0.39 is 16.1 Å². The minimum Gasteiger partial charge on any atom is -0.446 e. The highest BCUT2D eigenvalue weighted by Gasteiger charge is 2.36. The third-order valence-electron chi connectivity index (χ3n) is 5.38. The van der Waals surface area contributed by atoms with Gasteiger partial charge in [0.15, 0.2) is 0 Å². The normalized spacial score (nSPS) is 28.9. The first-order valence-corrected chi connectivity index (χ1v) is 12.7. The van der Waals surface area contributed by atoms with Crippen molar-refractivity contribution >= 4 is 49.1 Å². The third-order valence-corrected chi connectivity index (χ3v) is 8.90. The molecular formula is C19H22BrN3O4S2. The summed E-state index contributed by atoms with van der Waals surface area (Å²) in [6, 6.07) is 0. The van der Waals surface area contributed by atoms with Crippen LogP contribution in [0.4, 0.5) is 4.79 Å². The summed E-state index contributed by atoms with van der Waals surface area (Å²) >= 11 is 5.02. The minimum absolute atomic E-state index is 0.113. The fraction of sp³-hybridized carbons (Fsp3) is 0.526. The van der Waals surface area contributed by atoms with E-state index in [1.165, 1.54) is 0 Å². The summed E-state index contributed by atoms with van der Waals surface area (Å²) in [5, 5.41) is 0.701. The maximum absolute atomic E-state index is 12.4. The standard InChI is InChI=1S/C19H22BrN3O4S2/c20-12-3-8-15(16(9-12)23-29(25,26)14-6-7-14)17-10-22-18(28-17)11-1-4-13(5-2-11)27-19(21)24/h3,8-11,13-15H,1-2,4-7H2,(H2,21,24). The summed E-state index contributed by atoms with van der Waals surface area (Å²) in [6.07, 6.45) is 11.3. The molecule has 3 aliphatic carbocycles. The molecule has 0 aromatic carbocycles. The molecular weight excluding hydrogens is 478 g/mol. The van der Waals surface area contributed by atoms with E-state index in [4.69, 9.17) is 10.5 Å². The number of ether oxygens (including phenoxy) is 1. The van der Waals surface area contributed by atoms with Gasteiger partial charge in [0.2, 0.25) is 0 Å².